The van der Waals surface area contributed by atoms with Crippen molar-refractivity contribution in [2.24, 2.45) is 13.0 Å². The highest BCUT2D eigenvalue weighted by Gasteiger charge is 2.38. The van der Waals surface area contributed by atoms with Crippen molar-refractivity contribution in [2.75, 3.05) is 18.0 Å². The smallest absolute Gasteiger partial charge is 0.416 e. The Morgan fingerprint density at radius 2 is 1.49 bits per heavy atom. The minimum absolute atomic E-state index is 0.0152. The maximum Gasteiger partial charge on any atom is 0.416 e. The van der Waals surface area contributed by atoms with Gasteiger partial charge in [0.05, 0.1) is 29.7 Å². The Kier molecular flexibility index (Phi) is 9.70. The van der Waals surface area contributed by atoms with Gasteiger partial charge < -0.3 is 10.0 Å². The molecule has 0 amide bonds. The third kappa shape index (κ3) is 8.23. The second kappa shape index (κ2) is 12.8. The number of carbonyl (C=O) groups is 1. The van der Waals surface area contributed by atoms with Crippen LogP contribution in [0.5, 0.6) is 0 Å². The Balaban J connectivity index is 1.79. The normalized spacial score (nSPS) is 16.2. The van der Waals surface area contributed by atoms with E-state index in [1.807, 2.05) is 4.90 Å². The molecule has 1 atom stereocenters. The van der Waals surface area contributed by atoms with E-state index < -0.39 is 71.8 Å². The van der Waals surface area contributed by atoms with E-state index in [2.05, 4.69) is 15.4 Å². The number of hydrogen-bond donors (Lipinski definition) is 1. The van der Waals surface area contributed by atoms with Crippen molar-refractivity contribution in [3.8, 4) is 0 Å². The molecule has 0 spiro atoms. The van der Waals surface area contributed by atoms with Crippen molar-refractivity contribution in [3.63, 3.8) is 0 Å². The van der Waals surface area contributed by atoms with Crippen LogP contribution < -0.4 is 4.90 Å². The zero-order chi connectivity index (χ0) is 33.3. The first-order valence-corrected chi connectivity index (χ1v) is 13.8. The van der Waals surface area contributed by atoms with E-state index in [0.29, 0.717) is 50.0 Å². The van der Waals surface area contributed by atoms with Crippen LogP contribution in [0.1, 0.15) is 65.6 Å². The monoisotopic (exact) mass is 652 g/mol. The molecule has 1 aliphatic heterocycles. The number of carboxylic acids is 1. The topological polar surface area (TPSA) is 87.4 Å². The first-order valence-electron chi connectivity index (χ1n) is 13.8. The predicted octanol–water partition coefficient (Wildman–Crippen LogP) is 6.72. The third-order valence-corrected chi connectivity index (χ3v) is 7.70. The summed E-state index contributed by atoms with van der Waals surface area (Å²) in [6.07, 6.45) is -13.9. The summed E-state index contributed by atoms with van der Waals surface area (Å²) in [7, 11) is 1.37. The van der Waals surface area contributed by atoms with Crippen LogP contribution in [0.15, 0.2) is 36.4 Å². The van der Waals surface area contributed by atoms with Crippen LogP contribution >= 0.6 is 0 Å². The molecule has 0 saturated carbocycles. The van der Waals surface area contributed by atoms with Crippen LogP contribution in [0.4, 0.5) is 45.5 Å². The Hall–Kier alpha value is -3.89. The van der Waals surface area contributed by atoms with Gasteiger partial charge in [0.25, 0.3) is 5.95 Å². The van der Waals surface area contributed by atoms with Gasteiger partial charge in [-0.05, 0) is 84.6 Å². The number of rotatable bonds is 9. The van der Waals surface area contributed by atoms with Crippen molar-refractivity contribution < 1.29 is 49.4 Å². The fourth-order valence-electron chi connectivity index (χ4n) is 5.51. The van der Waals surface area contributed by atoms with Crippen LogP contribution in [-0.2, 0) is 43.5 Å². The first kappa shape index (κ1) is 34.0. The van der Waals surface area contributed by atoms with Crippen molar-refractivity contribution >= 4 is 11.9 Å². The number of alkyl halides is 9. The Morgan fingerprint density at radius 3 is 1.96 bits per heavy atom. The molecule has 246 valence electrons. The number of anilines is 1. The van der Waals surface area contributed by atoms with Crippen LogP contribution in [0.25, 0.3) is 0 Å². The van der Waals surface area contributed by atoms with Crippen molar-refractivity contribution in [1.82, 2.24) is 25.1 Å². The van der Waals surface area contributed by atoms with Crippen molar-refractivity contribution in [2.45, 2.75) is 63.8 Å². The number of aliphatic carboxylic acids is 1. The minimum atomic E-state index is -5.11. The molecule has 8 nitrogen and oxygen atoms in total. The highest BCUT2D eigenvalue weighted by molar-refractivity contribution is 5.70. The summed E-state index contributed by atoms with van der Waals surface area (Å²) in [5.74, 6) is -1.73. The predicted molar refractivity (Wildman–Crippen MR) is 142 cm³/mol. The molecule has 1 saturated heterocycles. The van der Waals surface area contributed by atoms with Gasteiger partial charge in [0.2, 0.25) is 0 Å². The van der Waals surface area contributed by atoms with Crippen LogP contribution in [0.3, 0.4) is 0 Å². The highest BCUT2D eigenvalue weighted by atomic mass is 19.4. The summed E-state index contributed by atoms with van der Waals surface area (Å²) >= 11 is 0. The summed E-state index contributed by atoms with van der Waals surface area (Å²) in [5, 5.41) is 20.9. The average molecular weight is 653 g/mol. The van der Waals surface area contributed by atoms with Gasteiger partial charge in [0.1, 0.15) is 0 Å². The summed E-state index contributed by atoms with van der Waals surface area (Å²) in [5.41, 5.74) is -4.00. The van der Waals surface area contributed by atoms with E-state index in [0.717, 1.165) is 21.8 Å². The van der Waals surface area contributed by atoms with Crippen molar-refractivity contribution in [1.29, 1.82) is 0 Å². The van der Waals surface area contributed by atoms with Gasteiger partial charge in [-0.3, -0.25) is 9.69 Å². The molecule has 1 aliphatic rings. The number of carboxylic acid groups (broad SMARTS) is 1. The second-order valence-electron chi connectivity index (χ2n) is 10.8. The summed E-state index contributed by atoms with van der Waals surface area (Å²) in [6.45, 7) is 1.46. The lowest BCUT2D eigenvalue weighted by Crippen LogP contribution is -2.39. The zero-order valence-corrected chi connectivity index (χ0v) is 24.0. The first-order chi connectivity index (χ1) is 20.9. The minimum Gasteiger partial charge on any atom is -0.481 e. The summed E-state index contributed by atoms with van der Waals surface area (Å²) < 4.78 is 123. The molecule has 1 fully saturated rings. The van der Waals surface area contributed by atoms with Crippen LogP contribution in [0, 0.1) is 5.92 Å². The summed E-state index contributed by atoms with van der Waals surface area (Å²) in [6, 6.07) is 3.68. The van der Waals surface area contributed by atoms with Crippen LogP contribution in [0.2, 0.25) is 0 Å². The Bertz CT molecular complexity index is 1460. The number of nitrogens with zero attached hydrogens (tertiary/aromatic N) is 6. The maximum absolute atomic E-state index is 13.8. The van der Waals surface area contributed by atoms with Gasteiger partial charge >= 0.3 is 24.5 Å². The van der Waals surface area contributed by atoms with Gasteiger partial charge in [0, 0.05) is 19.1 Å². The Morgan fingerprint density at radius 1 is 0.911 bits per heavy atom. The van der Waals surface area contributed by atoms with E-state index in [-0.39, 0.29) is 17.6 Å². The highest BCUT2D eigenvalue weighted by Crippen LogP contribution is 2.39. The standard InChI is InChI=1S/C28H29F9N6O2/c1-3-23(42-8-6-17(7-9-42)24(44)45)22-5-4-19(26(29,30)31)12-18(22)15-43(25-38-40-41(2)39-25)14-16-10-20(27(32,33)34)13-21(11-16)28(35,36)37/h4-5,10-13,17,23H,3,6-9,14-15H2,1-2H3,(H,44,45)/t23-/m0/s1. The Labute approximate surface area is 251 Å². The molecular formula is C28H29F9N6O2. The van der Waals surface area contributed by atoms with Gasteiger partial charge in [-0.2, -0.15) is 44.3 Å². The molecule has 4 rings (SSSR count). The van der Waals surface area contributed by atoms with Gasteiger partial charge in [-0.1, -0.05) is 18.1 Å². The number of benzene rings is 2. The fraction of sp³-hybridized carbons (Fsp3) is 0.500. The number of aromatic nitrogens is 4. The van der Waals surface area contributed by atoms with Crippen molar-refractivity contribution in [3.05, 3.63) is 69.8 Å². The molecular weight excluding hydrogens is 623 g/mol. The number of aryl methyl sites for hydroxylation is 1. The number of tetrazole rings is 1. The average Bonchev–Trinajstić information content (AvgIpc) is 3.38. The second-order valence-corrected chi connectivity index (χ2v) is 10.8. The maximum atomic E-state index is 13.8. The number of halogens is 9. The van der Waals surface area contributed by atoms with E-state index in [1.165, 1.54) is 13.1 Å². The SMILES string of the molecule is CC[C@@H](c1ccc(C(F)(F)F)cc1CN(Cc1cc(C(F)(F)F)cc(C(F)(F)F)c1)c1nnn(C)n1)N1CCC(C(=O)O)CC1. The fourth-order valence-corrected chi connectivity index (χ4v) is 5.51. The zero-order valence-electron chi connectivity index (χ0n) is 24.0. The molecule has 2 aromatic carbocycles. The molecule has 1 aromatic heterocycles. The van der Waals surface area contributed by atoms with E-state index in [1.54, 1.807) is 6.92 Å². The number of piperidine rings is 1. The number of likely N-dealkylation sites (tertiary alicyclic amines) is 1. The molecule has 1 N–H and O–H groups in total. The van der Waals surface area contributed by atoms with Crippen LogP contribution in [-0.4, -0.2) is 49.3 Å². The molecule has 0 unspecified atom stereocenters. The molecule has 45 heavy (non-hydrogen) atoms. The molecule has 17 heteroatoms. The largest absolute Gasteiger partial charge is 0.481 e. The molecule has 0 radical (unpaired) electrons. The summed E-state index contributed by atoms with van der Waals surface area (Å²) in [4.78, 5) is 15.5. The molecule has 0 bridgehead atoms. The van der Waals surface area contributed by atoms with Gasteiger partial charge in [-0.25, -0.2) is 0 Å². The third-order valence-electron chi connectivity index (χ3n) is 7.70. The molecule has 0 aliphatic carbocycles. The van der Waals surface area contributed by atoms with Gasteiger partial charge in [-0.15, -0.1) is 5.10 Å². The molecule has 3 aromatic rings. The van der Waals surface area contributed by atoms with E-state index in [9.17, 15) is 49.4 Å². The van der Waals surface area contributed by atoms with E-state index >= 15 is 0 Å². The van der Waals surface area contributed by atoms with Gasteiger partial charge in [0.15, 0.2) is 0 Å². The molecule has 2 heterocycles. The lowest BCUT2D eigenvalue weighted by Gasteiger charge is -2.37. The number of hydrogen-bond acceptors (Lipinski definition) is 6. The lowest BCUT2D eigenvalue weighted by atomic mass is 9.90. The quantitative estimate of drug-likeness (QED) is 0.257. The van der Waals surface area contributed by atoms with E-state index in [4.69, 9.17) is 0 Å². The lowest BCUT2D eigenvalue weighted by molar-refractivity contribution is -0.144.